The van der Waals surface area contributed by atoms with E-state index in [0.717, 1.165) is 5.82 Å². The zero-order chi connectivity index (χ0) is 7.68. The van der Waals surface area contributed by atoms with Gasteiger partial charge in [0.15, 0.2) is 0 Å². The van der Waals surface area contributed by atoms with Crippen LogP contribution in [0.25, 0.3) is 5.82 Å². The first-order chi connectivity index (χ1) is 5.36. The van der Waals surface area contributed by atoms with E-state index in [2.05, 4.69) is 15.2 Å². The van der Waals surface area contributed by atoms with Gasteiger partial charge >= 0.3 is 0 Å². The second-order valence-corrected chi connectivity index (χ2v) is 2.17. The van der Waals surface area contributed by atoms with Gasteiger partial charge in [-0.15, -0.1) is 10.2 Å². The quantitative estimate of drug-likeness (QED) is 0.607. The molecule has 0 atom stereocenters. The zero-order valence-electron chi connectivity index (χ0n) is 5.73. The zero-order valence-corrected chi connectivity index (χ0v) is 5.73. The first kappa shape index (κ1) is 5.96. The van der Waals surface area contributed by atoms with E-state index in [9.17, 15) is 0 Å². The lowest BCUT2D eigenvalue weighted by Crippen LogP contribution is -1.90. The Kier molecular flexibility index (Phi) is 1.15. The molecule has 0 unspecified atom stereocenters. The number of aromatic nitrogens is 4. The molecular formula is C6H7N5. The molecule has 0 aliphatic rings. The smallest absolute Gasteiger partial charge is 0.125 e. The SMILES string of the molecule is Nc1ccc(-n2cnnc2)[nH]1. The van der Waals surface area contributed by atoms with Crippen molar-refractivity contribution in [3.05, 3.63) is 24.8 Å². The largest absolute Gasteiger partial charge is 0.385 e. The Bertz CT molecular complexity index is 333. The third kappa shape index (κ3) is 0.958. The van der Waals surface area contributed by atoms with Gasteiger partial charge in [0.05, 0.1) is 0 Å². The molecule has 0 fully saturated rings. The number of H-pyrrole nitrogens is 1. The average molecular weight is 149 g/mol. The number of rotatable bonds is 1. The summed E-state index contributed by atoms with van der Waals surface area (Å²) in [5.74, 6) is 1.50. The Hall–Kier alpha value is -1.78. The fourth-order valence-electron chi connectivity index (χ4n) is 0.876. The minimum absolute atomic E-state index is 0.633. The third-order valence-corrected chi connectivity index (χ3v) is 1.39. The molecule has 0 radical (unpaired) electrons. The van der Waals surface area contributed by atoms with E-state index in [1.165, 1.54) is 0 Å². The monoisotopic (exact) mass is 149 g/mol. The highest BCUT2D eigenvalue weighted by Crippen LogP contribution is 2.06. The van der Waals surface area contributed by atoms with Gasteiger partial charge in [0, 0.05) is 0 Å². The molecule has 2 rings (SSSR count). The Labute approximate surface area is 62.9 Å². The van der Waals surface area contributed by atoms with E-state index < -0.39 is 0 Å². The van der Waals surface area contributed by atoms with Gasteiger partial charge in [-0.1, -0.05) is 0 Å². The summed E-state index contributed by atoms with van der Waals surface area (Å²) in [5.41, 5.74) is 5.47. The van der Waals surface area contributed by atoms with E-state index in [0.29, 0.717) is 5.82 Å². The number of hydrogen-bond donors (Lipinski definition) is 2. The van der Waals surface area contributed by atoms with Crippen LogP contribution < -0.4 is 5.73 Å². The number of nitrogens with one attached hydrogen (secondary N) is 1. The molecule has 0 bridgehead atoms. The average Bonchev–Trinajstić information content (AvgIpc) is 2.55. The molecule has 0 saturated carbocycles. The van der Waals surface area contributed by atoms with Crippen LogP contribution in [-0.2, 0) is 0 Å². The van der Waals surface area contributed by atoms with Crippen LogP contribution in [0.2, 0.25) is 0 Å². The number of nitrogens with zero attached hydrogens (tertiary/aromatic N) is 3. The highest BCUT2D eigenvalue weighted by Gasteiger charge is 1.96. The number of nitrogen functional groups attached to an aromatic ring is 1. The molecule has 5 heteroatoms. The first-order valence-corrected chi connectivity index (χ1v) is 3.16. The van der Waals surface area contributed by atoms with Crippen LogP contribution in [0, 0.1) is 0 Å². The minimum Gasteiger partial charge on any atom is -0.385 e. The van der Waals surface area contributed by atoms with Crippen molar-refractivity contribution in [3.63, 3.8) is 0 Å². The summed E-state index contributed by atoms with van der Waals surface area (Å²) in [6, 6.07) is 3.65. The molecule has 0 spiro atoms. The predicted molar refractivity (Wildman–Crippen MR) is 40.1 cm³/mol. The van der Waals surface area contributed by atoms with Crippen LogP contribution in [0.1, 0.15) is 0 Å². The van der Waals surface area contributed by atoms with Crippen LogP contribution in [0.15, 0.2) is 24.8 Å². The second-order valence-electron chi connectivity index (χ2n) is 2.17. The minimum atomic E-state index is 0.633. The van der Waals surface area contributed by atoms with Gasteiger partial charge < -0.3 is 10.7 Å². The lowest BCUT2D eigenvalue weighted by molar-refractivity contribution is 1.01. The summed E-state index contributed by atoms with van der Waals surface area (Å²) >= 11 is 0. The van der Waals surface area contributed by atoms with Crippen molar-refractivity contribution in [3.8, 4) is 5.82 Å². The topological polar surface area (TPSA) is 72.5 Å². The van der Waals surface area contributed by atoms with Crippen molar-refractivity contribution in [2.24, 2.45) is 0 Å². The number of hydrogen-bond acceptors (Lipinski definition) is 3. The molecule has 2 aromatic rings. The van der Waals surface area contributed by atoms with E-state index in [1.807, 2.05) is 6.07 Å². The standard InChI is InChI=1S/C6H7N5/c7-5-1-2-6(10-5)11-3-8-9-4-11/h1-4,10H,7H2. The molecule has 0 amide bonds. The lowest BCUT2D eigenvalue weighted by atomic mass is 10.6. The highest BCUT2D eigenvalue weighted by molar-refractivity contribution is 5.38. The van der Waals surface area contributed by atoms with Crippen LogP contribution >= 0.6 is 0 Å². The normalized spacial score (nSPS) is 10.2. The van der Waals surface area contributed by atoms with E-state index in [4.69, 9.17) is 5.73 Å². The van der Waals surface area contributed by atoms with Crippen molar-refractivity contribution < 1.29 is 0 Å². The Morgan fingerprint density at radius 3 is 2.55 bits per heavy atom. The maximum Gasteiger partial charge on any atom is 0.125 e. The molecule has 2 heterocycles. The van der Waals surface area contributed by atoms with Gasteiger partial charge in [-0.3, -0.25) is 4.57 Å². The molecule has 11 heavy (non-hydrogen) atoms. The molecule has 3 N–H and O–H groups in total. The molecule has 0 saturated heterocycles. The number of anilines is 1. The number of aromatic amines is 1. The van der Waals surface area contributed by atoms with Crippen LogP contribution in [-0.4, -0.2) is 19.7 Å². The van der Waals surface area contributed by atoms with E-state index >= 15 is 0 Å². The Morgan fingerprint density at radius 1 is 1.27 bits per heavy atom. The first-order valence-electron chi connectivity index (χ1n) is 3.16. The summed E-state index contributed by atoms with van der Waals surface area (Å²) in [7, 11) is 0. The fourth-order valence-corrected chi connectivity index (χ4v) is 0.876. The molecule has 56 valence electrons. The maximum absolute atomic E-state index is 5.47. The van der Waals surface area contributed by atoms with Crippen LogP contribution in [0.4, 0.5) is 5.82 Å². The summed E-state index contributed by atoms with van der Waals surface area (Å²) < 4.78 is 1.75. The van der Waals surface area contributed by atoms with E-state index in [-0.39, 0.29) is 0 Å². The van der Waals surface area contributed by atoms with E-state index in [1.54, 1.807) is 23.3 Å². The summed E-state index contributed by atoms with van der Waals surface area (Å²) in [4.78, 5) is 2.94. The van der Waals surface area contributed by atoms with Crippen molar-refractivity contribution in [1.29, 1.82) is 0 Å². The Balaban J connectivity index is 2.45. The maximum atomic E-state index is 5.47. The second kappa shape index (κ2) is 2.12. The lowest BCUT2D eigenvalue weighted by Gasteiger charge is -1.93. The van der Waals surface area contributed by atoms with Crippen molar-refractivity contribution in [2.45, 2.75) is 0 Å². The van der Waals surface area contributed by atoms with Crippen molar-refractivity contribution >= 4 is 5.82 Å². The van der Waals surface area contributed by atoms with Crippen molar-refractivity contribution in [2.75, 3.05) is 5.73 Å². The highest BCUT2D eigenvalue weighted by atomic mass is 15.3. The van der Waals surface area contributed by atoms with Crippen LogP contribution in [0.3, 0.4) is 0 Å². The third-order valence-electron chi connectivity index (χ3n) is 1.39. The summed E-state index contributed by atoms with van der Waals surface area (Å²) in [6.07, 6.45) is 3.20. The molecule has 0 aliphatic carbocycles. The van der Waals surface area contributed by atoms with Gasteiger partial charge in [-0.25, -0.2) is 0 Å². The van der Waals surface area contributed by atoms with Crippen molar-refractivity contribution in [1.82, 2.24) is 19.7 Å². The van der Waals surface area contributed by atoms with Crippen LogP contribution in [0.5, 0.6) is 0 Å². The molecule has 5 nitrogen and oxygen atoms in total. The molecule has 0 aromatic carbocycles. The van der Waals surface area contributed by atoms with Gasteiger partial charge in [0.2, 0.25) is 0 Å². The van der Waals surface area contributed by atoms with Gasteiger partial charge in [0.1, 0.15) is 24.3 Å². The predicted octanol–water partition coefficient (Wildman–Crippen LogP) is 0.178. The molecule has 0 aliphatic heterocycles. The molecular weight excluding hydrogens is 142 g/mol. The number of nitrogens with two attached hydrogens (primary N) is 1. The van der Waals surface area contributed by atoms with Gasteiger partial charge in [0.25, 0.3) is 0 Å². The summed E-state index contributed by atoms with van der Waals surface area (Å²) in [5, 5.41) is 7.32. The Morgan fingerprint density at radius 2 is 2.00 bits per heavy atom. The summed E-state index contributed by atoms with van der Waals surface area (Å²) in [6.45, 7) is 0. The van der Waals surface area contributed by atoms with Gasteiger partial charge in [-0.2, -0.15) is 0 Å². The molecule has 2 aromatic heterocycles. The van der Waals surface area contributed by atoms with Gasteiger partial charge in [-0.05, 0) is 12.1 Å². The fraction of sp³-hybridized carbons (Fsp3) is 0.